The Balaban J connectivity index is 1.83. The van der Waals surface area contributed by atoms with Crippen LogP contribution in [0.4, 0.5) is 0 Å². The van der Waals surface area contributed by atoms with Crippen LogP contribution in [0, 0.1) is 12.3 Å². The third-order valence-electron chi connectivity index (χ3n) is 3.92. The topological polar surface area (TPSA) is 47.6 Å². The smallest absolute Gasteiger partial charge is 0.220 e. The Bertz CT molecular complexity index is 866. The summed E-state index contributed by atoms with van der Waals surface area (Å²) in [5.41, 5.74) is 2.88. The van der Waals surface area contributed by atoms with Crippen LogP contribution in [-0.4, -0.2) is 19.6 Å². The maximum absolute atomic E-state index is 12.1. The molecule has 6 heteroatoms. The molecular weight excluding hydrogens is 397 g/mol. The third-order valence-corrected chi connectivity index (χ3v) is 4.14. The van der Waals surface area contributed by atoms with Gasteiger partial charge in [0, 0.05) is 13.0 Å². The third kappa shape index (κ3) is 7.19. The van der Waals surface area contributed by atoms with Crippen molar-refractivity contribution in [3.63, 3.8) is 0 Å². The van der Waals surface area contributed by atoms with Crippen molar-refractivity contribution >= 4 is 35.2 Å². The summed E-state index contributed by atoms with van der Waals surface area (Å²) in [5, 5.41) is 2.91. The van der Waals surface area contributed by atoms with Crippen molar-refractivity contribution in [1.82, 2.24) is 5.32 Å². The Morgan fingerprint density at radius 1 is 1.14 bits per heavy atom. The van der Waals surface area contributed by atoms with E-state index in [1.54, 1.807) is 19.3 Å². The standard InChI is InChI=1S/C22H21Cl2NO3/c1-3-12-28-19-10-8-16(13-20(19)27-2)9-11-22(26)25-15-18-6-4-17(5-7-18)14-21(23)24/h1,4-8,10,13-14H,9,11-12,15H2,2H3,(H,25,26). The van der Waals surface area contributed by atoms with Gasteiger partial charge in [0.25, 0.3) is 0 Å². The Labute approximate surface area is 175 Å². The van der Waals surface area contributed by atoms with Gasteiger partial charge in [-0.2, -0.15) is 0 Å². The quantitative estimate of drug-likeness (QED) is 0.599. The molecule has 2 aromatic carbocycles. The summed E-state index contributed by atoms with van der Waals surface area (Å²) in [6, 6.07) is 13.2. The van der Waals surface area contributed by atoms with E-state index < -0.39 is 0 Å². The molecule has 0 aliphatic rings. The van der Waals surface area contributed by atoms with E-state index in [0.29, 0.717) is 30.9 Å². The lowest BCUT2D eigenvalue weighted by atomic mass is 10.1. The number of carbonyl (C=O) groups is 1. The van der Waals surface area contributed by atoms with E-state index in [1.807, 2.05) is 36.4 Å². The average Bonchev–Trinajstić information content (AvgIpc) is 2.70. The average molecular weight is 418 g/mol. The van der Waals surface area contributed by atoms with Gasteiger partial charge in [-0.1, -0.05) is 59.5 Å². The van der Waals surface area contributed by atoms with Gasteiger partial charge >= 0.3 is 0 Å². The van der Waals surface area contributed by atoms with Gasteiger partial charge in [0.05, 0.1) is 7.11 Å². The Kier molecular flexibility index (Phi) is 8.74. The molecule has 0 atom stereocenters. The normalized spacial score (nSPS) is 9.93. The van der Waals surface area contributed by atoms with Gasteiger partial charge < -0.3 is 14.8 Å². The first-order valence-electron chi connectivity index (χ1n) is 8.63. The van der Waals surface area contributed by atoms with Gasteiger partial charge in [-0.15, -0.1) is 6.42 Å². The molecule has 0 bridgehead atoms. The maximum atomic E-state index is 12.1. The number of nitrogens with one attached hydrogen (secondary N) is 1. The van der Waals surface area contributed by atoms with Crippen molar-refractivity contribution in [2.24, 2.45) is 0 Å². The monoisotopic (exact) mass is 417 g/mol. The molecule has 0 spiro atoms. The second kappa shape index (κ2) is 11.3. The number of benzene rings is 2. The molecule has 1 N–H and O–H groups in total. The molecule has 0 heterocycles. The molecule has 4 nitrogen and oxygen atoms in total. The molecule has 0 aliphatic carbocycles. The summed E-state index contributed by atoms with van der Waals surface area (Å²) < 4.78 is 10.9. The SMILES string of the molecule is C#CCOc1ccc(CCC(=O)NCc2ccc(C=C(Cl)Cl)cc2)cc1OC. The molecule has 28 heavy (non-hydrogen) atoms. The van der Waals surface area contributed by atoms with E-state index >= 15 is 0 Å². The summed E-state index contributed by atoms with van der Waals surface area (Å²) >= 11 is 11.3. The molecule has 146 valence electrons. The molecule has 0 fully saturated rings. The Morgan fingerprint density at radius 3 is 2.50 bits per heavy atom. The summed E-state index contributed by atoms with van der Waals surface area (Å²) in [4.78, 5) is 12.1. The van der Waals surface area contributed by atoms with Gasteiger partial charge in [0.15, 0.2) is 11.5 Å². The fourth-order valence-corrected chi connectivity index (χ4v) is 2.76. The molecule has 0 aromatic heterocycles. The van der Waals surface area contributed by atoms with Crippen LogP contribution < -0.4 is 14.8 Å². The van der Waals surface area contributed by atoms with Gasteiger partial charge in [-0.3, -0.25) is 4.79 Å². The van der Waals surface area contributed by atoms with Crippen molar-refractivity contribution < 1.29 is 14.3 Å². The van der Waals surface area contributed by atoms with E-state index in [2.05, 4.69) is 11.2 Å². The lowest BCUT2D eigenvalue weighted by Gasteiger charge is -2.11. The molecule has 1 amide bonds. The number of hydrogen-bond acceptors (Lipinski definition) is 3. The van der Waals surface area contributed by atoms with Crippen molar-refractivity contribution in [2.75, 3.05) is 13.7 Å². The van der Waals surface area contributed by atoms with Gasteiger partial charge in [0.2, 0.25) is 5.91 Å². The van der Waals surface area contributed by atoms with Crippen molar-refractivity contribution in [3.05, 3.63) is 63.6 Å². The summed E-state index contributed by atoms with van der Waals surface area (Å²) in [7, 11) is 1.57. The van der Waals surface area contributed by atoms with Crippen molar-refractivity contribution in [3.8, 4) is 23.8 Å². The number of halogens is 2. The van der Waals surface area contributed by atoms with Crippen LogP contribution in [0.15, 0.2) is 47.0 Å². The van der Waals surface area contributed by atoms with E-state index in [1.165, 1.54) is 0 Å². The number of hydrogen-bond donors (Lipinski definition) is 1. The van der Waals surface area contributed by atoms with E-state index in [9.17, 15) is 4.79 Å². The highest BCUT2D eigenvalue weighted by molar-refractivity contribution is 6.57. The fourth-order valence-electron chi connectivity index (χ4n) is 2.51. The minimum atomic E-state index is -0.0283. The van der Waals surface area contributed by atoms with Crippen LogP contribution in [-0.2, 0) is 17.8 Å². The Morgan fingerprint density at radius 2 is 1.86 bits per heavy atom. The van der Waals surface area contributed by atoms with E-state index in [-0.39, 0.29) is 17.0 Å². The zero-order valence-electron chi connectivity index (χ0n) is 15.5. The van der Waals surface area contributed by atoms with Gasteiger partial charge in [0.1, 0.15) is 11.1 Å². The Hall–Kier alpha value is -2.61. The molecule has 2 aromatic rings. The van der Waals surface area contributed by atoms with Crippen LogP contribution >= 0.6 is 23.2 Å². The number of methoxy groups -OCH3 is 1. The number of carbonyl (C=O) groups excluding carboxylic acids is 1. The van der Waals surface area contributed by atoms with Crippen LogP contribution in [0.3, 0.4) is 0 Å². The highest BCUT2D eigenvalue weighted by Crippen LogP contribution is 2.28. The predicted octanol–water partition coefficient (Wildman–Crippen LogP) is 4.73. The highest BCUT2D eigenvalue weighted by Gasteiger charge is 2.08. The second-order valence-corrected chi connectivity index (χ2v) is 6.94. The number of ether oxygens (including phenoxy) is 2. The molecule has 0 saturated heterocycles. The minimum absolute atomic E-state index is 0.0283. The first kappa shape index (κ1) is 21.7. The molecule has 0 aliphatic heterocycles. The molecule has 0 saturated carbocycles. The summed E-state index contributed by atoms with van der Waals surface area (Å²) in [5.74, 6) is 3.57. The number of aryl methyl sites for hydroxylation is 1. The van der Waals surface area contributed by atoms with Crippen molar-refractivity contribution in [2.45, 2.75) is 19.4 Å². The first-order valence-corrected chi connectivity index (χ1v) is 9.39. The van der Waals surface area contributed by atoms with Gasteiger partial charge in [-0.25, -0.2) is 0 Å². The number of rotatable bonds is 9. The van der Waals surface area contributed by atoms with Crippen LogP contribution in [0.5, 0.6) is 11.5 Å². The lowest BCUT2D eigenvalue weighted by molar-refractivity contribution is -0.121. The largest absolute Gasteiger partial charge is 0.493 e. The van der Waals surface area contributed by atoms with Crippen LogP contribution in [0.2, 0.25) is 0 Å². The second-order valence-electron chi connectivity index (χ2n) is 5.93. The van der Waals surface area contributed by atoms with E-state index in [4.69, 9.17) is 39.1 Å². The minimum Gasteiger partial charge on any atom is -0.493 e. The molecule has 0 radical (unpaired) electrons. The van der Waals surface area contributed by atoms with Gasteiger partial charge in [-0.05, 0) is 41.3 Å². The zero-order valence-corrected chi connectivity index (χ0v) is 17.0. The molecule has 0 unspecified atom stereocenters. The first-order chi connectivity index (χ1) is 13.5. The van der Waals surface area contributed by atoms with Crippen LogP contribution in [0.1, 0.15) is 23.1 Å². The van der Waals surface area contributed by atoms with Crippen LogP contribution in [0.25, 0.3) is 6.08 Å². The summed E-state index contributed by atoms with van der Waals surface area (Å²) in [6.07, 6.45) is 7.82. The van der Waals surface area contributed by atoms with E-state index in [0.717, 1.165) is 16.7 Å². The number of terminal acetylenes is 1. The fraction of sp³-hybridized carbons (Fsp3) is 0.227. The molecule has 2 rings (SSSR count). The predicted molar refractivity (Wildman–Crippen MR) is 114 cm³/mol. The zero-order chi connectivity index (χ0) is 20.4. The molecular formula is C22H21Cl2NO3. The maximum Gasteiger partial charge on any atom is 0.220 e. The lowest BCUT2D eigenvalue weighted by Crippen LogP contribution is -2.22. The highest BCUT2D eigenvalue weighted by atomic mass is 35.5. The van der Waals surface area contributed by atoms with Crippen molar-refractivity contribution in [1.29, 1.82) is 0 Å². The number of amides is 1. The summed E-state index contributed by atoms with van der Waals surface area (Å²) in [6.45, 7) is 0.633.